The second-order valence-corrected chi connectivity index (χ2v) is 4.27. The van der Waals surface area contributed by atoms with Gasteiger partial charge in [-0.05, 0) is 49.9 Å². The second-order valence-electron chi connectivity index (χ2n) is 1.66. The lowest BCUT2D eigenvalue weighted by Gasteiger charge is -1.92. The topological polar surface area (TPSA) is 0 Å². The van der Waals surface area contributed by atoms with Crippen LogP contribution in [0, 0.1) is 0 Å². The van der Waals surface area contributed by atoms with Crippen LogP contribution in [-0.4, -0.2) is 4.43 Å². The Morgan fingerprint density at radius 1 is 1.38 bits per heavy atom. The van der Waals surface area contributed by atoms with Crippen molar-refractivity contribution in [3.8, 4) is 0 Å². The van der Waals surface area contributed by atoms with Gasteiger partial charge in [-0.15, -0.1) is 0 Å². The third-order valence-electron chi connectivity index (χ3n) is 0.832. The molecule has 0 amide bonds. The van der Waals surface area contributed by atoms with Crippen LogP contribution < -0.4 is 0 Å². The van der Waals surface area contributed by atoms with Crippen LogP contribution in [0.1, 0.15) is 19.3 Å². The predicted molar refractivity (Wildman–Crippen MR) is 55.9 cm³/mol. The summed E-state index contributed by atoms with van der Waals surface area (Å²) >= 11 is 4.69. The molecule has 8 heavy (non-hydrogen) atoms. The molecule has 0 aromatic rings. The van der Waals surface area contributed by atoms with Crippen LogP contribution in [0.4, 0.5) is 0 Å². The summed E-state index contributed by atoms with van der Waals surface area (Å²) < 4.78 is 2.56. The van der Waals surface area contributed by atoms with Crippen molar-refractivity contribution in [2.45, 2.75) is 19.3 Å². The minimum absolute atomic E-state index is 1.20. The van der Waals surface area contributed by atoms with Crippen molar-refractivity contribution >= 4 is 45.2 Å². The molecule has 48 valence electrons. The van der Waals surface area contributed by atoms with E-state index >= 15 is 0 Å². The first kappa shape index (κ1) is 9.20. The largest absolute Gasteiger partial charge is 0.0897 e. The highest BCUT2D eigenvalue weighted by atomic mass is 127. The molecule has 0 rings (SSSR count). The Labute approximate surface area is 78.4 Å². The van der Waals surface area contributed by atoms with Crippen molar-refractivity contribution in [3.05, 3.63) is 10.2 Å². The molecule has 2 heteroatoms. The van der Waals surface area contributed by atoms with Gasteiger partial charge in [0.05, 0.1) is 0 Å². The van der Waals surface area contributed by atoms with E-state index < -0.39 is 0 Å². The molecule has 0 bridgehead atoms. The molecule has 0 N–H and O–H groups in total. The summed E-state index contributed by atoms with van der Waals surface area (Å²) in [5, 5.41) is 0. The standard InChI is InChI=1S/C6H10I2/c1-6(8)4-2-3-5-7/h1-5H2. The minimum atomic E-state index is 1.20. The van der Waals surface area contributed by atoms with Gasteiger partial charge >= 0.3 is 0 Å². The number of halogens is 2. The molecule has 0 atom stereocenters. The number of allylic oxidation sites excluding steroid dienone is 1. The smallest absolute Gasteiger partial charge is 0.000461 e. The molecule has 0 spiro atoms. The lowest BCUT2D eigenvalue weighted by molar-refractivity contribution is 0.829. The van der Waals surface area contributed by atoms with E-state index in [9.17, 15) is 0 Å². The summed E-state index contributed by atoms with van der Waals surface area (Å²) in [5.74, 6) is 0. The van der Waals surface area contributed by atoms with Gasteiger partial charge in [0.2, 0.25) is 0 Å². The van der Waals surface area contributed by atoms with Gasteiger partial charge < -0.3 is 0 Å². The predicted octanol–water partition coefficient (Wildman–Crippen LogP) is 3.54. The summed E-state index contributed by atoms with van der Waals surface area (Å²) in [6, 6.07) is 0. The van der Waals surface area contributed by atoms with E-state index in [-0.39, 0.29) is 0 Å². The molecule has 0 aromatic carbocycles. The number of hydrogen-bond acceptors (Lipinski definition) is 0. The molecule has 0 unspecified atom stereocenters. The monoisotopic (exact) mass is 336 g/mol. The number of alkyl halides is 1. The van der Waals surface area contributed by atoms with Gasteiger partial charge in [-0.1, -0.05) is 29.2 Å². The summed E-state index contributed by atoms with van der Waals surface area (Å²) in [7, 11) is 0. The highest BCUT2D eigenvalue weighted by Gasteiger charge is 1.86. The van der Waals surface area contributed by atoms with Crippen LogP contribution in [0.2, 0.25) is 0 Å². The fraction of sp³-hybridized carbons (Fsp3) is 0.667. The Hall–Kier alpha value is 1.20. The van der Waals surface area contributed by atoms with E-state index in [2.05, 4.69) is 51.8 Å². The van der Waals surface area contributed by atoms with Crippen LogP contribution in [0.5, 0.6) is 0 Å². The Kier molecular flexibility index (Phi) is 7.27. The van der Waals surface area contributed by atoms with E-state index in [4.69, 9.17) is 0 Å². The summed E-state index contributed by atoms with van der Waals surface area (Å²) in [6.07, 6.45) is 3.84. The average Bonchev–Trinajstić information content (AvgIpc) is 1.66. The fourth-order valence-electron chi connectivity index (χ4n) is 0.411. The maximum absolute atomic E-state index is 3.81. The average molecular weight is 336 g/mol. The maximum atomic E-state index is 3.81. The molecule has 0 fully saturated rings. The Morgan fingerprint density at radius 3 is 2.38 bits per heavy atom. The molecular formula is C6H10I2. The molecule has 0 saturated heterocycles. The van der Waals surface area contributed by atoms with E-state index in [0.717, 1.165) is 0 Å². The van der Waals surface area contributed by atoms with Crippen molar-refractivity contribution in [1.82, 2.24) is 0 Å². The first-order valence-corrected chi connectivity index (χ1v) is 5.27. The SMILES string of the molecule is C=C(I)CCCCI. The molecule has 0 radical (unpaired) electrons. The van der Waals surface area contributed by atoms with Gasteiger partial charge in [-0.25, -0.2) is 0 Å². The highest BCUT2D eigenvalue weighted by Crippen LogP contribution is 2.11. The van der Waals surface area contributed by atoms with Gasteiger partial charge in [-0.2, -0.15) is 0 Å². The normalized spacial score (nSPS) is 9.25. The van der Waals surface area contributed by atoms with E-state index in [1.807, 2.05) is 0 Å². The zero-order chi connectivity index (χ0) is 6.41. The molecule has 0 aliphatic heterocycles. The van der Waals surface area contributed by atoms with Crippen LogP contribution in [0.3, 0.4) is 0 Å². The third kappa shape index (κ3) is 7.20. The molecule has 0 aliphatic carbocycles. The number of hydrogen-bond donors (Lipinski definition) is 0. The first-order chi connectivity index (χ1) is 3.77. The van der Waals surface area contributed by atoms with Gasteiger partial charge in [-0.3, -0.25) is 0 Å². The molecular weight excluding hydrogens is 326 g/mol. The Bertz CT molecular complexity index is 68.9. The van der Waals surface area contributed by atoms with Crippen molar-refractivity contribution < 1.29 is 0 Å². The minimum Gasteiger partial charge on any atom is -0.0897 e. The van der Waals surface area contributed by atoms with Crippen molar-refractivity contribution in [2.24, 2.45) is 0 Å². The number of rotatable bonds is 4. The van der Waals surface area contributed by atoms with Gasteiger partial charge in [0.1, 0.15) is 0 Å². The zero-order valence-corrected chi connectivity index (χ0v) is 9.11. The van der Waals surface area contributed by atoms with Crippen molar-refractivity contribution in [1.29, 1.82) is 0 Å². The van der Waals surface area contributed by atoms with Crippen LogP contribution in [0.25, 0.3) is 0 Å². The Balaban J connectivity index is 2.82. The van der Waals surface area contributed by atoms with Crippen LogP contribution in [0.15, 0.2) is 10.2 Å². The van der Waals surface area contributed by atoms with Crippen LogP contribution in [-0.2, 0) is 0 Å². The summed E-state index contributed by atoms with van der Waals surface area (Å²) in [4.78, 5) is 0. The zero-order valence-electron chi connectivity index (χ0n) is 4.79. The summed E-state index contributed by atoms with van der Waals surface area (Å²) in [5.41, 5.74) is 0. The number of unbranched alkanes of at least 4 members (excludes halogenated alkanes) is 1. The third-order valence-corrected chi connectivity index (χ3v) is 2.13. The highest BCUT2D eigenvalue weighted by molar-refractivity contribution is 14.1. The molecule has 0 heterocycles. The van der Waals surface area contributed by atoms with E-state index in [0.29, 0.717) is 0 Å². The summed E-state index contributed by atoms with van der Waals surface area (Å²) in [6.45, 7) is 3.81. The molecule has 0 saturated carbocycles. The van der Waals surface area contributed by atoms with Crippen LogP contribution >= 0.6 is 45.2 Å². The van der Waals surface area contributed by atoms with Gasteiger partial charge in [0.25, 0.3) is 0 Å². The fourth-order valence-corrected chi connectivity index (χ4v) is 1.33. The second kappa shape index (κ2) is 6.32. The lowest BCUT2D eigenvalue weighted by Crippen LogP contribution is -1.74. The van der Waals surface area contributed by atoms with Gasteiger partial charge in [0.15, 0.2) is 0 Å². The molecule has 0 nitrogen and oxygen atoms in total. The molecule has 0 aliphatic rings. The van der Waals surface area contributed by atoms with E-state index in [1.165, 1.54) is 27.3 Å². The Morgan fingerprint density at radius 2 is 2.00 bits per heavy atom. The van der Waals surface area contributed by atoms with E-state index in [1.54, 1.807) is 0 Å². The quantitative estimate of drug-likeness (QED) is 0.419. The molecule has 0 aromatic heterocycles. The van der Waals surface area contributed by atoms with Crippen molar-refractivity contribution in [2.75, 3.05) is 4.43 Å². The maximum Gasteiger partial charge on any atom is -0.000461 e. The first-order valence-electron chi connectivity index (χ1n) is 2.66. The van der Waals surface area contributed by atoms with Crippen molar-refractivity contribution in [3.63, 3.8) is 0 Å². The van der Waals surface area contributed by atoms with Gasteiger partial charge in [0, 0.05) is 0 Å². The lowest BCUT2D eigenvalue weighted by atomic mass is 10.2.